The molecule has 0 aliphatic heterocycles. The lowest BCUT2D eigenvalue weighted by atomic mass is 10.6. The number of hydrogen-bond acceptors (Lipinski definition) is 35. The van der Waals surface area contributed by atoms with Crippen molar-refractivity contribution in [2.75, 3.05) is 449 Å². The Kier molecular flexibility index (Phi) is 99.2. The molecule has 0 heterocycles. The Labute approximate surface area is 615 Å². The number of nitrogens with two attached hydrogens (primary N) is 2. The van der Waals surface area contributed by atoms with Gasteiger partial charge in [-0.15, -0.1) is 0 Å². The molecule has 0 amide bonds. The zero-order chi connectivity index (χ0) is 73.4. The van der Waals surface area contributed by atoms with Crippen molar-refractivity contribution in [3.63, 3.8) is 0 Å². The lowest BCUT2D eigenvalue weighted by molar-refractivity contribution is -0.0326. The lowest BCUT2D eigenvalue weighted by Gasteiger charge is -2.09. The second-order valence-corrected chi connectivity index (χ2v) is 20.8. The smallest absolute Gasteiger partial charge is 0.0701 e. The van der Waals surface area contributed by atoms with Gasteiger partial charge in [-0.2, -0.15) is 0 Å². The van der Waals surface area contributed by atoms with Gasteiger partial charge in [0.1, 0.15) is 0 Å². The Morgan fingerprint density at radius 1 is 0.0680 bits per heavy atom. The molecule has 0 aromatic rings. The Hall–Kier alpha value is -1.40. The standard InChI is InChI=1S/C68H140N2O33/c69-1-3-71-5-7-73-9-11-75-13-15-77-17-19-79-21-23-81-25-27-83-29-31-85-33-35-87-37-39-89-41-43-91-45-47-93-49-51-95-53-55-97-57-59-99-61-63-101-65-67-103-68-66-102-64-62-100-60-58-98-56-54-96-52-50-94-48-46-92-44-42-90-40-38-88-36-34-86-32-30-84-28-26-82-24-22-80-20-18-78-16-14-76-12-10-74-8-6-72-4-2-70/h1-70H2. The van der Waals surface area contributed by atoms with Gasteiger partial charge in [0.15, 0.2) is 0 Å². The van der Waals surface area contributed by atoms with E-state index < -0.39 is 0 Å². The average molecular weight is 1510 g/mol. The van der Waals surface area contributed by atoms with Gasteiger partial charge in [0.25, 0.3) is 0 Å². The summed E-state index contributed by atoms with van der Waals surface area (Å²) in [6, 6.07) is 0. The second kappa shape index (κ2) is 101. The highest BCUT2D eigenvalue weighted by atomic mass is 16.6. The second-order valence-electron chi connectivity index (χ2n) is 20.8. The van der Waals surface area contributed by atoms with E-state index in [0.717, 1.165) is 0 Å². The number of ether oxygens (including phenoxy) is 33. The maximum absolute atomic E-state index is 5.54. The SMILES string of the molecule is NCCOCCOCCOCCOCCOCCOCCOCCOCCOCCOCCOCCOCCOCCOCCOCCOCCOCCOCCOCCOCCOCCOCCOCCOCCOCCOCCOCCOCCOCCOCCOCCOCCOCCN. The summed E-state index contributed by atoms with van der Waals surface area (Å²) in [5.74, 6) is 0. The Balaban J connectivity index is 3.09. The molecular formula is C68H140N2O33. The Morgan fingerprint density at radius 2 is 0.107 bits per heavy atom. The molecular weight excluding hydrogens is 1370 g/mol. The minimum absolute atomic E-state index is 0.478. The highest BCUT2D eigenvalue weighted by Crippen LogP contribution is 1.94. The topological polar surface area (TPSA) is 357 Å². The fourth-order valence-electron chi connectivity index (χ4n) is 7.31. The third-order valence-electron chi connectivity index (χ3n) is 12.4. The van der Waals surface area contributed by atoms with Crippen molar-refractivity contribution in [1.82, 2.24) is 0 Å². The molecule has 0 saturated carbocycles. The van der Waals surface area contributed by atoms with E-state index in [4.69, 9.17) is 168 Å². The Bertz CT molecular complexity index is 1350. The quantitative estimate of drug-likeness (QED) is 0.0722. The van der Waals surface area contributed by atoms with Gasteiger partial charge in [-0.1, -0.05) is 0 Å². The first-order chi connectivity index (χ1) is 51.4. The molecule has 0 aromatic heterocycles. The summed E-state index contributed by atoms with van der Waals surface area (Å²) in [4.78, 5) is 0. The van der Waals surface area contributed by atoms with Crippen LogP contribution in [0.25, 0.3) is 0 Å². The van der Waals surface area contributed by atoms with Crippen LogP contribution in [-0.2, 0) is 156 Å². The van der Waals surface area contributed by atoms with Gasteiger partial charge in [-0.25, -0.2) is 0 Å². The highest BCUT2D eigenvalue weighted by molar-refractivity contribution is 4.46. The first-order valence-electron chi connectivity index (χ1n) is 36.9. The van der Waals surface area contributed by atoms with Crippen molar-refractivity contribution in [2.45, 2.75) is 0 Å². The van der Waals surface area contributed by atoms with Gasteiger partial charge >= 0.3 is 0 Å². The molecule has 0 aliphatic rings. The summed E-state index contributed by atoms with van der Waals surface area (Å²) in [5, 5.41) is 0. The molecule has 0 spiro atoms. The van der Waals surface area contributed by atoms with E-state index in [2.05, 4.69) is 0 Å². The van der Waals surface area contributed by atoms with Crippen molar-refractivity contribution in [1.29, 1.82) is 0 Å². The predicted octanol–water partition coefficient (Wildman–Crippen LogP) is -0.548. The molecule has 4 N–H and O–H groups in total. The normalized spacial score (nSPS) is 11.8. The van der Waals surface area contributed by atoms with Crippen molar-refractivity contribution >= 4 is 0 Å². The number of hydrogen-bond donors (Lipinski definition) is 2. The minimum Gasteiger partial charge on any atom is -0.378 e. The molecule has 0 atom stereocenters. The third-order valence-corrected chi connectivity index (χ3v) is 12.4. The largest absolute Gasteiger partial charge is 0.378 e. The van der Waals surface area contributed by atoms with Crippen molar-refractivity contribution in [3.8, 4) is 0 Å². The van der Waals surface area contributed by atoms with Crippen LogP contribution >= 0.6 is 0 Å². The first kappa shape index (κ1) is 102. The van der Waals surface area contributed by atoms with Crippen LogP contribution < -0.4 is 11.5 Å². The molecule has 0 aliphatic carbocycles. The van der Waals surface area contributed by atoms with Gasteiger partial charge in [0, 0.05) is 13.1 Å². The molecule has 103 heavy (non-hydrogen) atoms. The van der Waals surface area contributed by atoms with Gasteiger partial charge in [-0.3, -0.25) is 0 Å². The summed E-state index contributed by atoms with van der Waals surface area (Å²) in [6.45, 7) is 33.6. The van der Waals surface area contributed by atoms with Crippen LogP contribution in [0.5, 0.6) is 0 Å². The third kappa shape index (κ3) is 101. The molecule has 0 radical (unpaired) electrons. The van der Waals surface area contributed by atoms with E-state index in [1.807, 2.05) is 0 Å². The molecule has 35 nitrogen and oxygen atoms in total. The van der Waals surface area contributed by atoms with Crippen molar-refractivity contribution in [3.05, 3.63) is 0 Å². The summed E-state index contributed by atoms with van der Waals surface area (Å²) >= 11 is 0. The molecule has 0 unspecified atom stereocenters. The van der Waals surface area contributed by atoms with Gasteiger partial charge in [0.05, 0.1) is 436 Å². The maximum Gasteiger partial charge on any atom is 0.0701 e. The highest BCUT2D eigenvalue weighted by Gasteiger charge is 2.03. The van der Waals surface area contributed by atoms with E-state index in [1.165, 1.54) is 0 Å². The molecule has 0 bridgehead atoms. The van der Waals surface area contributed by atoms with Crippen LogP contribution in [0.2, 0.25) is 0 Å². The summed E-state index contributed by atoms with van der Waals surface area (Å²) in [6.07, 6.45) is 0. The van der Waals surface area contributed by atoms with Crippen LogP contribution in [0.3, 0.4) is 0 Å². The fourth-order valence-corrected chi connectivity index (χ4v) is 7.31. The zero-order valence-electron chi connectivity index (χ0n) is 62.7. The molecule has 620 valence electrons. The van der Waals surface area contributed by atoms with Crippen LogP contribution in [0.1, 0.15) is 0 Å². The first-order valence-corrected chi connectivity index (χ1v) is 36.9. The van der Waals surface area contributed by atoms with E-state index in [9.17, 15) is 0 Å². The van der Waals surface area contributed by atoms with Crippen molar-refractivity contribution in [2.24, 2.45) is 11.5 Å². The van der Waals surface area contributed by atoms with E-state index >= 15 is 0 Å². The number of rotatable bonds is 100. The summed E-state index contributed by atoms with van der Waals surface area (Å²) < 4.78 is 181. The molecule has 0 rings (SSSR count). The van der Waals surface area contributed by atoms with Crippen LogP contribution in [0.15, 0.2) is 0 Å². The maximum atomic E-state index is 5.54. The molecule has 35 heteroatoms. The Morgan fingerprint density at radius 3 is 0.146 bits per heavy atom. The van der Waals surface area contributed by atoms with E-state index in [0.29, 0.717) is 449 Å². The molecule has 0 saturated heterocycles. The monoisotopic (exact) mass is 1510 g/mol. The fraction of sp³-hybridized carbons (Fsp3) is 1.00. The van der Waals surface area contributed by atoms with Gasteiger partial charge < -0.3 is 168 Å². The zero-order valence-corrected chi connectivity index (χ0v) is 62.7. The molecule has 0 aromatic carbocycles. The summed E-state index contributed by atoms with van der Waals surface area (Å²) in [7, 11) is 0. The van der Waals surface area contributed by atoms with Gasteiger partial charge in [-0.05, 0) is 0 Å². The lowest BCUT2D eigenvalue weighted by Crippen LogP contribution is -2.16. The van der Waals surface area contributed by atoms with E-state index in [1.54, 1.807) is 0 Å². The van der Waals surface area contributed by atoms with Crippen LogP contribution in [0, 0.1) is 0 Å². The average Bonchev–Trinajstić information content (AvgIpc) is 3.71. The summed E-state index contributed by atoms with van der Waals surface area (Å²) in [5.41, 5.74) is 10.7. The van der Waals surface area contributed by atoms with Gasteiger partial charge in [0.2, 0.25) is 0 Å². The van der Waals surface area contributed by atoms with Crippen LogP contribution in [-0.4, -0.2) is 449 Å². The van der Waals surface area contributed by atoms with Crippen molar-refractivity contribution < 1.29 is 156 Å². The predicted molar refractivity (Wildman–Crippen MR) is 375 cm³/mol. The molecule has 0 fully saturated rings. The minimum atomic E-state index is 0.478. The van der Waals surface area contributed by atoms with Crippen LogP contribution in [0.4, 0.5) is 0 Å². The van der Waals surface area contributed by atoms with E-state index in [-0.39, 0.29) is 0 Å².